The Labute approximate surface area is 388 Å². The summed E-state index contributed by atoms with van der Waals surface area (Å²) in [5.74, 6) is -13.5. The SMILES string of the molecule is CC(C)CC1NC(=O)[C@@H](NC(=O)[C@@H](NC(=O)[C@H](Cc2ccccc2)NC(=O)Cc2ccccc2)[C@@H](C)O)[C@@H](C)OC(=O)[C@@H](C)NC(=O)[C@H](CC(N)=O)NC(=O)[C@H](CC(C)C)NC(=O)C(=O)C1=O. The highest BCUT2D eigenvalue weighted by Crippen LogP contribution is 2.13. The number of hydrogen-bond donors (Lipinski definition) is 9. The molecular formula is C46H62N8O13. The first-order chi connectivity index (χ1) is 31.5. The Hall–Kier alpha value is -7.03. The van der Waals surface area contributed by atoms with E-state index in [1.807, 2.05) is 0 Å². The number of ether oxygens (including phenoxy) is 1. The molecule has 21 heteroatoms. The predicted octanol–water partition coefficient (Wildman–Crippen LogP) is -1.68. The molecule has 2 aromatic carbocycles. The van der Waals surface area contributed by atoms with Crippen molar-refractivity contribution in [1.29, 1.82) is 0 Å². The maximum atomic E-state index is 14.2. The van der Waals surface area contributed by atoms with Crippen LogP contribution >= 0.6 is 0 Å². The van der Waals surface area contributed by atoms with E-state index >= 15 is 0 Å². The minimum Gasteiger partial charge on any atom is -0.458 e. The fraction of sp³-hybridized carbons (Fsp3) is 0.500. The van der Waals surface area contributed by atoms with Crippen LogP contribution in [0.5, 0.6) is 0 Å². The van der Waals surface area contributed by atoms with E-state index in [2.05, 4.69) is 37.2 Å². The number of nitrogens with one attached hydrogen (secondary N) is 7. The Balaban J connectivity index is 2.03. The third kappa shape index (κ3) is 17.4. The molecule has 0 bridgehead atoms. The normalized spacial score (nSPS) is 22.6. The fourth-order valence-electron chi connectivity index (χ4n) is 6.95. The third-order valence-electron chi connectivity index (χ3n) is 10.4. The van der Waals surface area contributed by atoms with Gasteiger partial charge in [-0.05, 0) is 56.6 Å². The van der Waals surface area contributed by atoms with E-state index in [1.165, 1.54) is 6.92 Å². The monoisotopic (exact) mass is 934 g/mol. The van der Waals surface area contributed by atoms with Gasteiger partial charge in [0.05, 0.1) is 25.0 Å². The van der Waals surface area contributed by atoms with Crippen LogP contribution in [0.25, 0.3) is 0 Å². The Morgan fingerprint density at radius 2 is 1.22 bits per heavy atom. The molecule has 21 nitrogen and oxygen atoms in total. The summed E-state index contributed by atoms with van der Waals surface area (Å²) in [5.41, 5.74) is 6.64. The molecule has 9 atom stereocenters. The van der Waals surface area contributed by atoms with E-state index in [0.29, 0.717) is 11.1 Å². The summed E-state index contributed by atoms with van der Waals surface area (Å²) in [6, 6.07) is 5.80. The van der Waals surface area contributed by atoms with Gasteiger partial charge in [0.25, 0.3) is 11.7 Å². The molecule has 0 aliphatic carbocycles. The number of Topliss-reactive ketones (excluding diaryl/α,β-unsaturated/α-hetero) is 2. The van der Waals surface area contributed by atoms with Crippen LogP contribution in [0, 0.1) is 11.8 Å². The molecule has 1 unspecified atom stereocenters. The minimum atomic E-state index is -1.95. The van der Waals surface area contributed by atoms with Gasteiger partial charge in [-0.3, -0.25) is 47.9 Å². The van der Waals surface area contributed by atoms with E-state index in [1.54, 1.807) is 88.4 Å². The van der Waals surface area contributed by atoms with Crippen LogP contribution in [0.15, 0.2) is 60.7 Å². The maximum absolute atomic E-state index is 14.2. The lowest BCUT2D eigenvalue weighted by molar-refractivity contribution is -0.156. The average molecular weight is 935 g/mol. The van der Waals surface area contributed by atoms with Crippen LogP contribution in [0.4, 0.5) is 0 Å². The van der Waals surface area contributed by atoms with Gasteiger partial charge < -0.3 is 52.8 Å². The van der Waals surface area contributed by atoms with Crippen molar-refractivity contribution in [1.82, 2.24) is 37.2 Å². The van der Waals surface area contributed by atoms with Gasteiger partial charge in [0, 0.05) is 6.42 Å². The van der Waals surface area contributed by atoms with E-state index < -0.39 is 132 Å². The molecule has 0 saturated carbocycles. The molecule has 1 aliphatic rings. The lowest BCUT2D eigenvalue weighted by atomic mass is 9.96. The smallest absolute Gasteiger partial charge is 0.328 e. The molecule has 1 fully saturated rings. The van der Waals surface area contributed by atoms with Gasteiger partial charge in [0.15, 0.2) is 0 Å². The number of carbonyl (C=O) groups excluding carboxylic acids is 11. The number of benzene rings is 2. The fourth-order valence-corrected chi connectivity index (χ4v) is 6.95. The van der Waals surface area contributed by atoms with Gasteiger partial charge in [0.2, 0.25) is 47.1 Å². The molecule has 1 saturated heterocycles. The van der Waals surface area contributed by atoms with Gasteiger partial charge in [0.1, 0.15) is 42.4 Å². The van der Waals surface area contributed by atoms with Crippen molar-refractivity contribution in [2.45, 2.75) is 135 Å². The third-order valence-corrected chi connectivity index (χ3v) is 10.4. The largest absolute Gasteiger partial charge is 0.458 e. The number of hydrogen-bond acceptors (Lipinski definition) is 13. The first-order valence-electron chi connectivity index (χ1n) is 21.9. The van der Waals surface area contributed by atoms with Crippen molar-refractivity contribution in [2.75, 3.05) is 0 Å². The van der Waals surface area contributed by atoms with E-state index in [0.717, 1.165) is 13.8 Å². The van der Waals surface area contributed by atoms with Crippen molar-refractivity contribution < 1.29 is 62.6 Å². The van der Waals surface area contributed by atoms with Crippen molar-refractivity contribution in [3.63, 3.8) is 0 Å². The molecule has 67 heavy (non-hydrogen) atoms. The Bertz CT molecular complexity index is 2130. The number of cyclic esters (lactones) is 1. The molecule has 0 radical (unpaired) electrons. The predicted molar refractivity (Wildman–Crippen MR) is 239 cm³/mol. The highest BCUT2D eigenvalue weighted by molar-refractivity contribution is 6.64. The topological polar surface area (TPSA) is 327 Å². The van der Waals surface area contributed by atoms with E-state index in [9.17, 15) is 57.8 Å². The van der Waals surface area contributed by atoms with E-state index in [4.69, 9.17) is 10.5 Å². The maximum Gasteiger partial charge on any atom is 0.328 e. The average Bonchev–Trinajstić information content (AvgIpc) is 3.25. The number of aliphatic hydroxyl groups excluding tert-OH is 1. The summed E-state index contributed by atoms with van der Waals surface area (Å²) in [5, 5.41) is 27.5. The zero-order valence-electron chi connectivity index (χ0n) is 38.6. The molecule has 364 valence electrons. The lowest BCUT2D eigenvalue weighted by Gasteiger charge is -2.31. The number of rotatable bonds is 16. The molecule has 0 aromatic heterocycles. The van der Waals surface area contributed by atoms with Crippen LogP contribution in [0.3, 0.4) is 0 Å². The molecule has 3 rings (SSSR count). The number of esters is 1. The molecule has 1 heterocycles. The number of carbonyl (C=O) groups is 11. The molecule has 2 aromatic rings. The highest BCUT2D eigenvalue weighted by Gasteiger charge is 2.40. The quantitative estimate of drug-likeness (QED) is 0.0672. The van der Waals surface area contributed by atoms with E-state index in [-0.39, 0.29) is 31.6 Å². The van der Waals surface area contributed by atoms with Crippen LogP contribution in [-0.2, 0) is 70.3 Å². The van der Waals surface area contributed by atoms with Gasteiger partial charge in [-0.15, -0.1) is 0 Å². The second kappa shape index (κ2) is 25.6. The molecular weight excluding hydrogens is 873 g/mol. The van der Waals surface area contributed by atoms with Crippen LogP contribution in [0.2, 0.25) is 0 Å². The number of ketones is 2. The molecule has 0 spiro atoms. The first-order valence-corrected chi connectivity index (χ1v) is 21.9. The van der Waals surface area contributed by atoms with Gasteiger partial charge in [-0.25, -0.2) is 4.79 Å². The zero-order chi connectivity index (χ0) is 50.1. The number of amides is 8. The number of primary amides is 1. The van der Waals surface area contributed by atoms with Gasteiger partial charge >= 0.3 is 5.97 Å². The van der Waals surface area contributed by atoms with Crippen molar-refractivity contribution in [2.24, 2.45) is 17.6 Å². The summed E-state index contributed by atoms with van der Waals surface area (Å²) in [6.45, 7) is 10.1. The molecule has 1 aliphatic heterocycles. The summed E-state index contributed by atoms with van der Waals surface area (Å²) < 4.78 is 5.52. The molecule has 8 amide bonds. The zero-order valence-corrected chi connectivity index (χ0v) is 38.6. The standard InChI is InChI=1S/C46H62N8O13/c1-23(2)18-30-38(58)39(59)45(65)52-31(19-24(3)4)41(61)51-33(22-34(47)56)40(60)48-25(5)46(66)67-27(7)37(44(64)50-30)54-43(63)36(26(6)55)53-42(62)32(20-28-14-10-8-11-15-28)49-35(57)21-29-16-12-9-13-17-29/h8-17,23-27,30-33,36-37,55H,18-22H2,1-7H3,(H2,47,56)(H,48,60)(H,49,57)(H,50,64)(H,51,61)(H,52,65)(H,53,62)(H,54,63)/t25-,26-,27-,30?,31+,32+,33+,36+,37+/m1/s1. The summed E-state index contributed by atoms with van der Waals surface area (Å²) in [4.78, 5) is 148. The Morgan fingerprint density at radius 1 is 0.687 bits per heavy atom. The minimum absolute atomic E-state index is 0.0376. The highest BCUT2D eigenvalue weighted by atomic mass is 16.5. The second-order valence-electron chi connectivity index (χ2n) is 17.3. The van der Waals surface area contributed by atoms with Crippen LogP contribution < -0.4 is 43.0 Å². The van der Waals surface area contributed by atoms with Crippen LogP contribution in [0.1, 0.15) is 78.9 Å². The summed E-state index contributed by atoms with van der Waals surface area (Å²) in [7, 11) is 0. The number of aliphatic hydroxyl groups is 1. The molecule has 10 N–H and O–H groups in total. The summed E-state index contributed by atoms with van der Waals surface area (Å²) >= 11 is 0. The first kappa shape index (κ1) is 54.3. The number of nitrogens with two attached hydrogens (primary N) is 1. The van der Waals surface area contributed by atoms with Crippen molar-refractivity contribution >= 4 is 64.8 Å². The second-order valence-corrected chi connectivity index (χ2v) is 17.3. The van der Waals surface area contributed by atoms with Crippen molar-refractivity contribution in [3.8, 4) is 0 Å². The Kier molecular flexibility index (Phi) is 20.8. The van der Waals surface area contributed by atoms with Gasteiger partial charge in [-0.1, -0.05) is 88.4 Å². The Morgan fingerprint density at radius 3 is 1.78 bits per heavy atom. The van der Waals surface area contributed by atoms with Crippen LogP contribution in [-0.4, -0.2) is 124 Å². The van der Waals surface area contributed by atoms with Gasteiger partial charge in [-0.2, -0.15) is 0 Å². The van der Waals surface area contributed by atoms with Crippen molar-refractivity contribution in [3.05, 3.63) is 71.8 Å². The summed E-state index contributed by atoms with van der Waals surface area (Å²) in [6.07, 6.45) is -4.56. The lowest BCUT2D eigenvalue weighted by Crippen LogP contribution is -2.63.